The van der Waals surface area contributed by atoms with E-state index in [1.54, 1.807) is 0 Å². The Labute approximate surface area is 137 Å². The maximum absolute atomic E-state index is 9.11. The quantitative estimate of drug-likeness (QED) is 0.646. The van der Waals surface area contributed by atoms with Gasteiger partial charge >= 0.3 is 0 Å². The van der Waals surface area contributed by atoms with E-state index in [0.29, 0.717) is 30.4 Å². The monoisotopic (exact) mass is 399 g/mol. The van der Waals surface area contributed by atoms with Gasteiger partial charge in [-0.05, 0) is 53.8 Å². The summed E-state index contributed by atoms with van der Waals surface area (Å²) >= 11 is 2.25. The molecule has 1 heterocycles. The molecule has 7 heteroatoms. The molecule has 0 aliphatic carbocycles. The Morgan fingerprint density at radius 2 is 2.00 bits per heavy atom. The Morgan fingerprint density at radius 1 is 1.29 bits per heavy atom. The van der Waals surface area contributed by atoms with Gasteiger partial charge in [0.2, 0.25) is 0 Å². The van der Waals surface area contributed by atoms with E-state index in [1.807, 2.05) is 36.1 Å². The SMILES string of the molecule is CCN(CCO)c1ncnc(Nc2ccc(I)cc2)c1N. The molecule has 4 N–H and O–H groups in total. The van der Waals surface area contributed by atoms with Crippen molar-refractivity contribution >= 4 is 45.6 Å². The van der Waals surface area contributed by atoms with Crippen molar-refractivity contribution in [2.45, 2.75) is 6.92 Å². The molecule has 0 spiro atoms. The van der Waals surface area contributed by atoms with Crippen molar-refractivity contribution in [2.75, 3.05) is 35.6 Å². The zero-order valence-corrected chi connectivity index (χ0v) is 13.9. The molecule has 1 aromatic carbocycles. The minimum absolute atomic E-state index is 0.0527. The van der Waals surface area contributed by atoms with Crippen LogP contribution in [0.15, 0.2) is 30.6 Å². The van der Waals surface area contributed by atoms with Crippen molar-refractivity contribution in [1.29, 1.82) is 0 Å². The summed E-state index contributed by atoms with van der Waals surface area (Å²) < 4.78 is 1.16. The number of nitrogens with two attached hydrogens (primary N) is 1. The highest BCUT2D eigenvalue weighted by Gasteiger charge is 2.13. The third-order valence-electron chi connectivity index (χ3n) is 3.02. The lowest BCUT2D eigenvalue weighted by molar-refractivity contribution is 0.302. The molecule has 21 heavy (non-hydrogen) atoms. The first kappa shape index (κ1) is 15.8. The first-order chi connectivity index (χ1) is 10.2. The second-order valence-electron chi connectivity index (χ2n) is 4.39. The van der Waals surface area contributed by atoms with Crippen molar-refractivity contribution in [2.24, 2.45) is 0 Å². The highest BCUT2D eigenvalue weighted by molar-refractivity contribution is 14.1. The summed E-state index contributed by atoms with van der Waals surface area (Å²) in [6, 6.07) is 7.94. The van der Waals surface area contributed by atoms with Crippen LogP contribution in [0.4, 0.5) is 23.0 Å². The molecule has 0 amide bonds. The van der Waals surface area contributed by atoms with Crippen LogP contribution < -0.4 is 16.0 Å². The Kier molecular flexibility index (Phi) is 5.57. The predicted octanol–water partition coefficient (Wildman–Crippen LogP) is 2.23. The number of aliphatic hydroxyl groups excluding tert-OH is 1. The summed E-state index contributed by atoms with van der Waals surface area (Å²) in [5.41, 5.74) is 7.55. The zero-order chi connectivity index (χ0) is 15.2. The maximum Gasteiger partial charge on any atom is 0.159 e. The van der Waals surface area contributed by atoms with Crippen molar-refractivity contribution < 1.29 is 5.11 Å². The molecule has 0 fully saturated rings. The first-order valence-corrected chi connectivity index (χ1v) is 7.72. The topological polar surface area (TPSA) is 87.3 Å². The summed E-state index contributed by atoms with van der Waals surface area (Å²) in [6.45, 7) is 3.24. The van der Waals surface area contributed by atoms with Gasteiger partial charge in [-0.1, -0.05) is 0 Å². The standard InChI is InChI=1S/C14H18IN5O/c1-2-20(7-8-21)14-12(16)13(17-9-18-14)19-11-5-3-10(15)4-6-11/h3-6,9,21H,2,7-8,16H2,1H3,(H,17,18,19). The van der Waals surface area contributed by atoms with Crippen LogP contribution in [-0.4, -0.2) is 34.8 Å². The number of aliphatic hydroxyl groups is 1. The fourth-order valence-corrected chi connectivity index (χ4v) is 2.30. The highest BCUT2D eigenvalue weighted by Crippen LogP contribution is 2.28. The average molecular weight is 399 g/mol. The zero-order valence-electron chi connectivity index (χ0n) is 11.8. The van der Waals surface area contributed by atoms with Gasteiger partial charge < -0.3 is 21.1 Å². The molecule has 2 rings (SSSR count). The van der Waals surface area contributed by atoms with Crippen LogP contribution >= 0.6 is 22.6 Å². The van der Waals surface area contributed by atoms with Gasteiger partial charge in [0.1, 0.15) is 12.0 Å². The van der Waals surface area contributed by atoms with Crippen LogP contribution in [0.3, 0.4) is 0 Å². The molecule has 0 aliphatic rings. The van der Waals surface area contributed by atoms with E-state index in [2.05, 4.69) is 37.9 Å². The fourth-order valence-electron chi connectivity index (χ4n) is 1.94. The van der Waals surface area contributed by atoms with Crippen LogP contribution in [0.1, 0.15) is 6.92 Å². The Hall–Kier alpha value is -1.61. The van der Waals surface area contributed by atoms with Crippen LogP contribution in [-0.2, 0) is 0 Å². The lowest BCUT2D eigenvalue weighted by atomic mass is 10.3. The van der Waals surface area contributed by atoms with Gasteiger partial charge in [0.15, 0.2) is 11.6 Å². The number of nitrogen functional groups attached to an aromatic ring is 1. The van der Waals surface area contributed by atoms with E-state index in [9.17, 15) is 0 Å². The average Bonchev–Trinajstić information content (AvgIpc) is 2.49. The number of anilines is 4. The van der Waals surface area contributed by atoms with Gasteiger partial charge in [0.25, 0.3) is 0 Å². The van der Waals surface area contributed by atoms with Crippen LogP contribution in [0, 0.1) is 3.57 Å². The molecule has 0 aliphatic heterocycles. The number of benzene rings is 1. The van der Waals surface area contributed by atoms with Crippen molar-refractivity contribution in [3.8, 4) is 0 Å². The molecular formula is C14H18IN5O. The number of likely N-dealkylation sites (N-methyl/N-ethyl adjacent to an activating group) is 1. The van der Waals surface area contributed by atoms with Gasteiger partial charge in [0, 0.05) is 22.3 Å². The van der Waals surface area contributed by atoms with Gasteiger partial charge in [-0.25, -0.2) is 9.97 Å². The number of hydrogen-bond acceptors (Lipinski definition) is 6. The van der Waals surface area contributed by atoms with Crippen LogP contribution in [0.2, 0.25) is 0 Å². The highest BCUT2D eigenvalue weighted by atomic mass is 127. The largest absolute Gasteiger partial charge is 0.395 e. The molecule has 112 valence electrons. The molecular weight excluding hydrogens is 381 g/mol. The van der Waals surface area contributed by atoms with Crippen LogP contribution in [0.5, 0.6) is 0 Å². The van der Waals surface area contributed by atoms with Gasteiger partial charge in [-0.2, -0.15) is 0 Å². The van der Waals surface area contributed by atoms with E-state index < -0.39 is 0 Å². The molecule has 0 unspecified atom stereocenters. The number of hydrogen-bond donors (Lipinski definition) is 3. The normalized spacial score (nSPS) is 10.4. The Bertz CT molecular complexity index is 590. The molecule has 0 saturated carbocycles. The third kappa shape index (κ3) is 3.94. The van der Waals surface area contributed by atoms with E-state index >= 15 is 0 Å². The minimum atomic E-state index is 0.0527. The summed E-state index contributed by atoms with van der Waals surface area (Å²) in [6.07, 6.45) is 1.47. The number of nitrogens with one attached hydrogen (secondary N) is 1. The Morgan fingerprint density at radius 3 is 2.62 bits per heavy atom. The maximum atomic E-state index is 9.11. The van der Waals surface area contributed by atoms with E-state index in [-0.39, 0.29) is 6.61 Å². The Balaban J connectivity index is 2.26. The molecule has 0 saturated heterocycles. The lowest BCUT2D eigenvalue weighted by Crippen LogP contribution is -2.28. The van der Waals surface area contributed by atoms with Crippen molar-refractivity contribution in [3.05, 3.63) is 34.2 Å². The predicted molar refractivity (Wildman–Crippen MR) is 93.9 cm³/mol. The third-order valence-corrected chi connectivity index (χ3v) is 3.74. The molecule has 6 nitrogen and oxygen atoms in total. The van der Waals surface area contributed by atoms with Crippen molar-refractivity contribution in [1.82, 2.24) is 9.97 Å². The number of halogens is 1. The number of aromatic nitrogens is 2. The summed E-state index contributed by atoms with van der Waals surface area (Å²) in [5, 5.41) is 12.3. The number of nitrogens with zero attached hydrogens (tertiary/aromatic N) is 3. The molecule has 1 aromatic heterocycles. The molecule has 0 radical (unpaired) electrons. The van der Waals surface area contributed by atoms with E-state index in [0.717, 1.165) is 9.26 Å². The smallest absolute Gasteiger partial charge is 0.159 e. The lowest BCUT2D eigenvalue weighted by Gasteiger charge is -2.23. The second kappa shape index (κ2) is 7.41. The fraction of sp³-hybridized carbons (Fsp3) is 0.286. The summed E-state index contributed by atoms with van der Waals surface area (Å²) in [4.78, 5) is 10.3. The molecule has 0 bridgehead atoms. The van der Waals surface area contributed by atoms with Gasteiger partial charge in [0.05, 0.1) is 6.61 Å². The summed E-state index contributed by atoms with van der Waals surface area (Å²) in [7, 11) is 0. The molecule has 0 atom stereocenters. The van der Waals surface area contributed by atoms with Gasteiger partial charge in [-0.3, -0.25) is 0 Å². The molecule has 2 aromatic rings. The second-order valence-corrected chi connectivity index (χ2v) is 5.64. The minimum Gasteiger partial charge on any atom is -0.395 e. The van der Waals surface area contributed by atoms with Crippen LogP contribution in [0.25, 0.3) is 0 Å². The summed E-state index contributed by atoms with van der Waals surface area (Å²) in [5.74, 6) is 1.20. The van der Waals surface area contributed by atoms with Gasteiger partial charge in [-0.15, -0.1) is 0 Å². The van der Waals surface area contributed by atoms with E-state index in [4.69, 9.17) is 10.8 Å². The van der Waals surface area contributed by atoms with E-state index in [1.165, 1.54) is 6.33 Å². The first-order valence-electron chi connectivity index (χ1n) is 6.64. The van der Waals surface area contributed by atoms with Crippen molar-refractivity contribution in [3.63, 3.8) is 0 Å². The number of rotatable bonds is 6.